The zero-order chi connectivity index (χ0) is 18.7. The second-order valence-corrected chi connectivity index (χ2v) is 5.27. The van der Waals surface area contributed by atoms with Crippen LogP contribution < -0.4 is 11.0 Å². The topological polar surface area (TPSA) is 147 Å². The third-order valence-electron chi connectivity index (χ3n) is 3.45. The molecule has 10 nitrogen and oxygen atoms in total. The lowest BCUT2D eigenvalue weighted by molar-refractivity contribution is -0.384. The number of amides is 1. The second kappa shape index (κ2) is 6.89. The Morgan fingerprint density at radius 3 is 2.46 bits per heavy atom. The van der Waals surface area contributed by atoms with Crippen molar-refractivity contribution in [2.45, 2.75) is 0 Å². The Bertz CT molecular complexity index is 1050. The quantitative estimate of drug-likeness (QED) is 0.359. The fourth-order valence-corrected chi connectivity index (χ4v) is 2.24. The zero-order valence-electron chi connectivity index (χ0n) is 13.1. The van der Waals surface area contributed by atoms with Gasteiger partial charge in [-0.2, -0.15) is 0 Å². The van der Waals surface area contributed by atoms with Crippen molar-refractivity contribution in [2.75, 3.05) is 11.9 Å². The van der Waals surface area contributed by atoms with E-state index in [9.17, 15) is 24.5 Å². The first-order chi connectivity index (χ1) is 12.4. The minimum absolute atomic E-state index is 0.0923. The van der Waals surface area contributed by atoms with Crippen LogP contribution in [0.4, 0.5) is 11.4 Å². The molecule has 0 bridgehead atoms. The van der Waals surface area contributed by atoms with Gasteiger partial charge in [-0.25, -0.2) is 9.59 Å². The third-order valence-corrected chi connectivity index (χ3v) is 3.45. The number of H-pyrrole nitrogens is 2. The lowest BCUT2D eigenvalue weighted by Crippen LogP contribution is -2.20. The largest absolute Gasteiger partial charge is 0.452 e. The SMILES string of the molecule is O=C(COC(=O)c1ccc([N+](=O)[O-])cc1)Nc1ccc2[nH]c(=O)[nH]c2c1. The van der Waals surface area contributed by atoms with Gasteiger partial charge in [-0.1, -0.05) is 0 Å². The van der Waals surface area contributed by atoms with Gasteiger partial charge in [0.05, 0.1) is 21.5 Å². The number of aromatic nitrogens is 2. The minimum atomic E-state index is -0.777. The Hall–Kier alpha value is -3.95. The summed E-state index contributed by atoms with van der Waals surface area (Å²) < 4.78 is 4.87. The molecule has 3 N–H and O–H groups in total. The molecule has 0 aliphatic rings. The molecular formula is C16H12N4O6. The predicted octanol–water partition coefficient (Wildman–Crippen LogP) is 1.56. The van der Waals surface area contributed by atoms with Gasteiger partial charge in [-0.05, 0) is 30.3 Å². The maximum atomic E-state index is 11.9. The van der Waals surface area contributed by atoms with Crippen molar-refractivity contribution in [2.24, 2.45) is 0 Å². The molecule has 3 rings (SSSR count). The van der Waals surface area contributed by atoms with Crippen molar-refractivity contribution in [3.63, 3.8) is 0 Å². The van der Waals surface area contributed by atoms with E-state index in [-0.39, 0.29) is 16.9 Å². The van der Waals surface area contributed by atoms with Crippen LogP contribution in [-0.4, -0.2) is 33.4 Å². The first-order valence-electron chi connectivity index (χ1n) is 7.36. The molecule has 0 aliphatic heterocycles. The molecule has 0 spiro atoms. The van der Waals surface area contributed by atoms with Gasteiger partial charge in [0.1, 0.15) is 0 Å². The van der Waals surface area contributed by atoms with Gasteiger partial charge in [0.15, 0.2) is 6.61 Å². The highest BCUT2D eigenvalue weighted by Crippen LogP contribution is 2.15. The highest BCUT2D eigenvalue weighted by molar-refractivity contribution is 5.96. The number of hydrogen-bond donors (Lipinski definition) is 3. The molecule has 2 aromatic carbocycles. The fourth-order valence-electron chi connectivity index (χ4n) is 2.24. The molecule has 0 unspecified atom stereocenters. The first-order valence-corrected chi connectivity index (χ1v) is 7.36. The van der Waals surface area contributed by atoms with Gasteiger partial charge >= 0.3 is 11.7 Å². The van der Waals surface area contributed by atoms with E-state index in [4.69, 9.17) is 4.74 Å². The van der Waals surface area contributed by atoms with Gasteiger partial charge < -0.3 is 20.0 Å². The average molecular weight is 356 g/mol. The smallest absolute Gasteiger partial charge is 0.338 e. The molecule has 0 fully saturated rings. The van der Waals surface area contributed by atoms with Crippen molar-refractivity contribution < 1.29 is 19.2 Å². The van der Waals surface area contributed by atoms with E-state index < -0.39 is 23.4 Å². The van der Waals surface area contributed by atoms with E-state index >= 15 is 0 Å². The molecule has 0 atom stereocenters. The van der Waals surface area contributed by atoms with E-state index in [0.29, 0.717) is 16.7 Å². The molecule has 0 saturated carbocycles. The minimum Gasteiger partial charge on any atom is -0.452 e. The molecule has 3 aromatic rings. The number of benzene rings is 2. The predicted molar refractivity (Wildman–Crippen MR) is 90.9 cm³/mol. The number of carbonyl (C=O) groups is 2. The number of ether oxygens (including phenoxy) is 1. The second-order valence-electron chi connectivity index (χ2n) is 5.27. The number of aromatic amines is 2. The van der Waals surface area contributed by atoms with Crippen molar-refractivity contribution in [1.29, 1.82) is 0 Å². The van der Waals surface area contributed by atoms with Crippen LogP contribution in [0.5, 0.6) is 0 Å². The number of nitrogens with zero attached hydrogens (tertiary/aromatic N) is 1. The van der Waals surface area contributed by atoms with Crippen LogP contribution in [-0.2, 0) is 9.53 Å². The van der Waals surface area contributed by atoms with E-state index in [1.807, 2.05) is 0 Å². The van der Waals surface area contributed by atoms with E-state index in [1.54, 1.807) is 18.2 Å². The fraction of sp³-hybridized carbons (Fsp3) is 0.0625. The van der Waals surface area contributed by atoms with Crippen LogP contribution in [0.2, 0.25) is 0 Å². The average Bonchev–Trinajstić information content (AvgIpc) is 2.99. The Balaban J connectivity index is 1.57. The number of imidazole rings is 1. The van der Waals surface area contributed by atoms with Gasteiger partial charge in [0, 0.05) is 17.8 Å². The Morgan fingerprint density at radius 1 is 1.08 bits per heavy atom. The molecule has 0 radical (unpaired) electrons. The highest BCUT2D eigenvalue weighted by Gasteiger charge is 2.13. The number of non-ortho nitro benzene ring substituents is 1. The van der Waals surface area contributed by atoms with Gasteiger partial charge in [-0.3, -0.25) is 14.9 Å². The van der Waals surface area contributed by atoms with Crippen LogP contribution in [0.1, 0.15) is 10.4 Å². The Kier molecular flexibility index (Phi) is 4.48. The molecule has 26 heavy (non-hydrogen) atoms. The van der Waals surface area contributed by atoms with E-state index in [1.165, 1.54) is 24.3 Å². The van der Waals surface area contributed by atoms with Crippen molar-refractivity contribution in [3.8, 4) is 0 Å². The highest BCUT2D eigenvalue weighted by atomic mass is 16.6. The molecule has 0 aliphatic carbocycles. The number of fused-ring (bicyclic) bond motifs is 1. The Labute approximate surface area is 144 Å². The lowest BCUT2D eigenvalue weighted by Gasteiger charge is -2.06. The van der Waals surface area contributed by atoms with Crippen molar-refractivity contribution in [1.82, 2.24) is 9.97 Å². The Morgan fingerprint density at radius 2 is 1.77 bits per heavy atom. The van der Waals surface area contributed by atoms with Crippen LogP contribution in [0.15, 0.2) is 47.3 Å². The summed E-state index contributed by atoms with van der Waals surface area (Å²) in [6, 6.07) is 9.59. The number of anilines is 1. The lowest BCUT2D eigenvalue weighted by atomic mass is 10.2. The molecule has 0 saturated heterocycles. The summed E-state index contributed by atoms with van der Waals surface area (Å²) >= 11 is 0. The molecule has 1 aromatic heterocycles. The maximum absolute atomic E-state index is 11.9. The summed E-state index contributed by atoms with van der Waals surface area (Å²) in [6.45, 7) is -0.530. The van der Waals surface area contributed by atoms with E-state index in [2.05, 4.69) is 15.3 Å². The maximum Gasteiger partial charge on any atom is 0.338 e. The summed E-state index contributed by atoms with van der Waals surface area (Å²) in [4.78, 5) is 50.0. The number of esters is 1. The summed E-state index contributed by atoms with van der Waals surface area (Å²) in [7, 11) is 0. The van der Waals surface area contributed by atoms with Gasteiger partial charge in [0.25, 0.3) is 11.6 Å². The number of carbonyl (C=O) groups excluding carboxylic acids is 2. The normalized spacial score (nSPS) is 10.5. The first kappa shape index (κ1) is 16.9. The van der Waals surface area contributed by atoms with Crippen molar-refractivity contribution >= 4 is 34.3 Å². The summed E-state index contributed by atoms with van der Waals surface area (Å²) in [5.74, 6) is -1.35. The zero-order valence-corrected chi connectivity index (χ0v) is 13.1. The molecule has 1 amide bonds. The number of nitrogens with one attached hydrogen (secondary N) is 3. The monoisotopic (exact) mass is 356 g/mol. The van der Waals surface area contributed by atoms with Crippen LogP contribution >= 0.6 is 0 Å². The number of hydrogen-bond acceptors (Lipinski definition) is 6. The van der Waals surface area contributed by atoms with Crippen molar-refractivity contribution in [3.05, 3.63) is 68.6 Å². The van der Waals surface area contributed by atoms with E-state index in [0.717, 1.165) is 0 Å². The molecule has 132 valence electrons. The summed E-state index contributed by atoms with van der Waals surface area (Å²) in [6.07, 6.45) is 0. The third kappa shape index (κ3) is 3.75. The summed E-state index contributed by atoms with van der Waals surface area (Å²) in [5, 5.41) is 13.1. The molecule has 10 heteroatoms. The van der Waals surface area contributed by atoms with Crippen LogP contribution in [0.3, 0.4) is 0 Å². The number of nitro benzene ring substituents is 1. The summed E-state index contributed by atoms with van der Waals surface area (Å²) in [5.41, 5.74) is 1.12. The standard InChI is InChI=1S/C16H12N4O6/c21-14(17-10-3-6-12-13(7-10)19-16(23)18-12)8-26-15(22)9-1-4-11(5-2-9)20(24)25/h1-7H,8H2,(H,17,21)(H2,18,19,23). The molecular weight excluding hydrogens is 344 g/mol. The number of nitro groups is 1. The molecule has 1 heterocycles. The van der Waals surface area contributed by atoms with Crippen LogP contribution in [0, 0.1) is 10.1 Å². The number of rotatable bonds is 5. The van der Waals surface area contributed by atoms with Gasteiger partial charge in [0.2, 0.25) is 0 Å². The van der Waals surface area contributed by atoms with Crippen LogP contribution in [0.25, 0.3) is 11.0 Å². The van der Waals surface area contributed by atoms with Gasteiger partial charge in [-0.15, -0.1) is 0 Å².